The highest BCUT2D eigenvalue weighted by atomic mass is 35.5. The number of rotatable bonds is 7. The lowest BCUT2D eigenvalue weighted by Crippen LogP contribution is -2.34. The first-order chi connectivity index (χ1) is 10.7. The van der Waals surface area contributed by atoms with Crippen LogP contribution in [-0.4, -0.2) is 19.6 Å². The number of hydrogen-bond donors (Lipinski definition) is 2. The van der Waals surface area contributed by atoms with Crippen molar-refractivity contribution in [2.45, 2.75) is 18.9 Å². The smallest absolute Gasteiger partial charge is 0.241 e. The van der Waals surface area contributed by atoms with Gasteiger partial charge in [-0.3, -0.25) is 4.79 Å². The van der Waals surface area contributed by atoms with E-state index in [9.17, 15) is 4.79 Å². The molecule has 0 saturated heterocycles. The number of carbonyl (C=O) groups excluding carboxylic acids is 1. The van der Waals surface area contributed by atoms with Crippen molar-refractivity contribution in [3.63, 3.8) is 0 Å². The average Bonchev–Trinajstić information content (AvgIpc) is 2.59. The maximum Gasteiger partial charge on any atom is 0.241 e. The quantitative estimate of drug-likeness (QED) is 0.765. The summed E-state index contributed by atoms with van der Waals surface area (Å²) < 4.78 is 5.12. The molecular formula is C18H23ClN2O2. The molecule has 5 heteroatoms. The molecule has 2 aromatic rings. The van der Waals surface area contributed by atoms with Crippen molar-refractivity contribution in [2.75, 3.05) is 13.7 Å². The number of benzene rings is 2. The molecule has 2 rings (SSSR count). The number of nitrogens with two attached hydrogens (primary N) is 1. The fraction of sp³-hybridized carbons (Fsp3) is 0.278. The molecule has 0 fully saturated rings. The van der Waals surface area contributed by atoms with Gasteiger partial charge in [-0.15, -0.1) is 12.4 Å². The van der Waals surface area contributed by atoms with Gasteiger partial charge in [0.2, 0.25) is 5.91 Å². The van der Waals surface area contributed by atoms with E-state index >= 15 is 0 Å². The molecule has 1 unspecified atom stereocenters. The Morgan fingerprint density at radius 3 is 2.39 bits per heavy atom. The van der Waals surface area contributed by atoms with Crippen molar-refractivity contribution in [3.8, 4) is 5.75 Å². The van der Waals surface area contributed by atoms with Crippen LogP contribution in [0.3, 0.4) is 0 Å². The van der Waals surface area contributed by atoms with Crippen LogP contribution in [-0.2, 0) is 11.2 Å². The number of nitrogens with one attached hydrogen (secondary N) is 1. The molecule has 0 aromatic heterocycles. The van der Waals surface area contributed by atoms with E-state index in [0.717, 1.165) is 24.2 Å². The lowest BCUT2D eigenvalue weighted by atomic mass is 10.1. The van der Waals surface area contributed by atoms with Crippen LogP contribution in [0.15, 0.2) is 54.6 Å². The summed E-state index contributed by atoms with van der Waals surface area (Å²) in [6.07, 6.45) is 1.78. The summed E-state index contributed by atoms with van der Waals surface area (Å²) in [6, 6.07) is 16.7. The molecule has 0 aliphatic heterocycles. The van der Waals surface area contributed by atoms with E-state index in [0.29, 0.717) is 6.54 Å². The van der Waals surface area contributed by atoms with Gasteiger partial charge in [0.25, 0.3) is 0 Å². The maximum atomic E-state index is 12.0. The molecule has 23 heavy (non-hydrogen) atoms. The predicted octanol–water partition coefficient (Wildman–Crippen LogP) is 2.87. The van der Waals surface area contributed by atoms with Gasteiger partial charge in [-0.1, -0.05) is 42.5 Å². The van der Waals surface area contributed by atoms with Crippen LogP contribution in [0, 0.1) is 0 Å². The van der Waals surface area contributed by atoms with Gasteiger partial charge in [0, 0.05) is 6.54 Å². The standard InChI is InChI=1S/C18H22N2O2.ClH/c1-22-16-11-9-14(10-12-16)6-5-13-20-18(21)17(19)15-7-3-2-4-8-15;/h2-4,7-12,17H,5-6,13,19H2,1H3,(H,20,21);1H. The Kier molecular flexibility index (Phi) is 8.16. The zero-order chi connectivity index (χ0) is 15.8. The van der Waals surface area contributed by atoms with E-state index in [1.54, 1.807) is 7.11 Å². The number of amides is 1. The number of hydrogen-bond acceptors (Lipinski definition) is 3. The minimum Gasteiger partial charge on any atom is -0.497 e. The summed E-state index contributed by atoms with van der Waals surface area (Å²) in [5, 5.41) is 2.89. The Bertz CT molecular complexity index is 588. The normalized spacial score (nSPS) is 11.2. The highest BCUT2D eigenvalue weighted by Crippen LogP contribution is 2.12. The third kappa shape index (κ3) is 5.93. The average molecular weight is 335 g/mol. The van der Waals surface area contributed by atoms with Crippen LogP contribution < -0.4 is 15.8 Å². The number of ether oxygens (including phenoxy) is 1. The van der Waals surface area contributed by atoms with E-state index in [4.69, 9.17) is 10.5 Å². The van der Waals surface area contributed by atoms with Gasteiger partial charge in [-0.05, 0) is 36.1 Å². The van der Waals surface area contributed by atoms with Crippen molar-refractivity contribution < 1.29 is 9.53 Å². The zero-order valence-corrected chi connectivity index (χ0v) is 14.0. The summed E-state index contributed by atoms with van der Waals surface area (Å²) in [7, 11) is 1.65. The monoisotopic (exact) mass is 334 g/mol. The number of methoxy groups -OCH3 is 1. The Labute approximate surface area is 143 Å². The van der Waals surface area contributed by atoms with Crippen molar-refractivity contribution in [2.24, 2.45) is 5.73 Å². The molecule has 0 radical (unpaired) electrons. The fourth-order valence-electron chi connectivity index (χ4n) is 2.22. The number of carbonyl (C=O) groups is 1. The molecule has 1 amide bonds. The van der Waals surface area contributed by atoms with Crippen LogP contribution >= 0.6 is 12.4 Å². The molecule has 0 heterocycles. The molecule has 2 aromatic carbocycles. The molecule has 4 nitrogen and oxygen atoms in total. The Hall–Kier alpha value is -2.04. The molecule has 0 spiro atoms. The summed E-state index contributed by atoms with van der Waals surface area (Å²) in [5.74, 6) is 0.715. The molecular weight excluding hydrogens is 312 g/mol. The third-order valence-corrected chi connectivity index (χ3v) is 3.54. The van der Waals surface area contributed by atoms with Gasteiger partial charge in [0.05, 0.1) is 7.11 Å². The van der Waals surface area contributed by atoms with Gasteiger partial charge in [0.1, 0.15) is 11.8 Å². The Morgan fingerprint density at radius 1 is 1.13 bits per heavy atom. The zero-order valence-electron chi connectivity index (χ0n) is 13.2. The highest BCUT2D eigenvalue weighted by Gasteiger charge is 2.14. The van der Waals surface area contributed by atoms with Crippen LogP contribution in [0.1, 0.15) is 23.6 Å². The molecule has 0 bridgehead atoms. The first kappa shape index (κ1) is 19.0. The van der Waals surface area contributed by atoms with E-state index < -0.39 is 6.04 Å². The lowest BCUT2D eigenvalue weighted by molar-refractivity contribution is -0.122. The van der Waals surface area contributed by atoms with Gasteiger partial charge in [-0.2, -0.15) is 0 Å². The summed E-state index contributed by atoms with van der Waals surface area (Å²) in [4.78, 5) is 12.0. The number of halogens is 1. The van der Waals surface area contributed by atoms with Crippen LogP contribution in [0.2, 0.25) is 0 Å². The summed E-state index contributed by atoms with van der Waals surface area (Å²) in [6.45, 7) is 0.616. The Morgan fingerprint density at radius 2 is 1.78 bits per heavy atom. The maximum absolute atomic E-state index is 12.0. The molecule has 3 N–H and O–H groups in total. The first-order valence-corrected chi connectivity index (χ1v) is 7.42. The molecule has 0 saturated carbocycles. The SMILES string of the molecule is COc1ccc(CCCNC(=O)C(N)c2ccccc2)cc1.Cl. The second-order valence-electron chi connectivity index (χ2n) is 5.13. The van der Waals surface area contributed by atoms with Crippen LogP contribution in [0.5, 0.6) is 5.75 Å². The second-order valence-corrected chi connectivity index (χ2v) is 5.13. The van der Waals surface area contributed by atoms with Gasteiger partial charge in [0.15, 0.2) is 0 Å². The highest BCUT2D eigenvalue weighted by molar-refractivity contribution is 5.85. The van der Waals surface area contributed by atoms with Crippen molar-refractivity contribution in [3.05, 3.63) is 65.7 Å². The largest absolute Gasteiger partial charge is 0.497 e. The molecule has 0 aliphatic rings. The van der Waals surface area contributed by atoms with E-state index in [1.165, 1.54) is 5.56 Å². The van der Waals surface area contributed by atoms with Crippen molar-refractivity contribution in [1.29, 1.82) is 0 Å². The van der Waals surface area contributed by atoms with Gasteiger partial charge < -0.3 is 15.8 Å². The van der Waals surface area contributed by atoms with E-state index in [2.05, 4.69) is 5.32 Å². The van der Waals surface area contributed by atoms with Crippen LogP contribution in [0.25, 0.3) is 0 Å². The number of aryl methyl sites for hydroxylation is 1. The van der Waals surface area contributed by atoms with Gasteiger partial charge >= 0.3 is 0 Å². The molecule has 0 aliphatic carbocycles. The molecule has 124 valence electrons. The van der Waals surface area contributed by atoms with Crippen molar-refractivity contribution >= 4 is 18.3 Å². The minimum absolute atomic E-state index is 0. The second kappa shape index (κ2) is 9.87. The van der Waals surface area contributed by atoms with Crippen molar-refractivity contribution in [1.82, 2.24) is 5.32 Å². The molecule has 1 atom stereocenters. The van der Waals surface area contributed by atoms with E-state index in [-0.39, 0.29) is 18.3 Å². The van der Waals surface area contributed by atoms with Crippen LogP contribution in [0.4, 0.5) is 0 Å². The summed E-state index contributed by atoms with van der Waals surface area (Å²) >= 11 is 0. The summed E-state index contributed by atoms with van der Waals surface area (Å²) in [5.41, 5.74) is 7.99. The topological polar surface area (TPSA) is 64.3 Å². The van der Waals surface area contributed by atoms with Gasteiger partial charge in [-0.25, -0.2) is 0 Å². The first-order valence-electron chi connectivity index (χ1n) is 7.42. The third-order valence-electron chi connectivity index (χ3n) is 3.54. The Balaban J connectivity index is 0.00000264. The lowest BCUT2D eigenvalue weighted by Gasteiger charge is -2.12. The fourth-order valence-corrected chi connectivity index (χ4v) is 2.22. The minimum atomic E-state index is -0.609. The van der Waals surface area contributed by atoms with E-state index in [1.807, 2.05) is 54.6 Å². The predicted molar refractivity (Wildman–Crippen MR) is 94.9 cm³/mol.